The Hall–Kier alpha value is -2.75. The summed E-state index contributed by atoms with van der Waals surface area (Å²) in [6, 6.07) is 15.0. The van der Waals surface area contributed by atoms with Gasteiger partial charge in [0.15, 0.2) is 0 Å². The number of rotatable bonds is 1. The molecule has 2 N–H and O–H groups in total. The first-order chi connectivity index (χ1) is 11.2. The van der Waals surface area contributed by atoms with E-state index in [0.717, 1.165) is 17.7 Å². The van der Waals surface area contributed by atoms with Crippen LogP contribution < -0.4 is 5.73 Å². The normalized spacial score (nSPS) is 20.2. The van der Waals surface area contributed by atoms with Crippen LogP contribution in [0.1, 0.15) is 42.1 Å². The van der Waals surface area contributed by atoms with E-state index in [-0.39, 0.29) is 12.0 Å². The molecule has 0 saturated carbocycles. The topological polar surface area (TPSA) is 64.2 Å². The third-order valence-corrected chi connectivity index (χ3v) is 4.56. The van der Waals surface area contributed by atoms with Gasteiger partial charge in [0.25, 0.3) is 0 Å². The first-order valence-electron chi connectivity index (χ1n) is 7.85. The van der Waals surface area contributed by atoms with Crippen molar-refractivity contribution in [2.75, 3.05) is 5.73 Å². The molecule has 0 amide bonds. The van der Waals surface area contributed by atoms with Gasteiger partial charge in [0.05, 0.1) is 17.3 Å². The zero-order valence-corrected chi connectivity index (χ0v) is 13.0. The second kappa shape index (κ2) is 5.47. The lowest BCUT2D eigenvalue weighted by Gasteiger charge is -2.17. The van der Waals surface area contributed by atoms with Crippen molar-refractivity contribution in [1.82, 2.24) is 9.97 Å². The van der Waals surface area contributed by atoms with Crippen LogP contribution in [-0.4, -0.2) is 16.2 Å². The van der Waals surface area contributed by atoms with Gasteiger partial charge in [-0.15, -0.1) is 0 Å². The first kappa shape index (κ1) is 13.9. The van der Waals surface area contributed by atoms with Gasteiger partial charge in [-0.1, -0.05) is 49.4 Å². The third kappa shape index (κ3) is 2.36. The molecule has 2 atom stereocenters. The molecule has 4 nitrogen and oxygen atoms in total. The molecule has 1 aliphatic rings. The van der Waals surface area contributed by atoms with Crippen LogP contribution in [-0.2, 0) is 0 Å². The molecule has 0 radical (unpaired) electrons. The lowest BCUT2D eigenvalue weighted by Crippen LogP contribution is -2.06. The fourth-order valence-electron chi connectivity index (χ4n) is 3.37. The Morgan fingerprint density at radius 3 is 2.78 bits per heavy atom. The number of hydrogen-bond donors (Lipinski definition) is 1. The second-order valence-electron chi connectivity index (χ2n) is 6.06. The van der Waals surface area contributed by atoms with Gasteiger partial charge >= 0.3 is 0 Å². The largest absolute Gasteiger partial charge is 0.383 e. The summed E-state index contributed by atoms with van der Waals surface area (Å²) in [6.07, 6.45) is 4.30. The standard InChI is InChI=1S/C19H18N4/c1-12-9-17(21-10-16-18(12)22-11-23-19(16)20)15-8-4-6-13-5-2-3-7-14(13)15/h2-8,10-12,17H,9H2,1H3,(H2,20,22,23)/t12-,17-/m1/s1. The minimum atomic E-state index is 0.102. The van der Waals surface area contributed by atoms with E-state index >= 15 is 0 Å². The highest BCUT2D eigenvalue weighted by molar-refractivity contribution is 5.89. The number of fused-ring (bicyclic) bond motifs is 2. The van der Waals surface area contributed by atoms with Crippen LogP contribution >= 0.6 is 0 Å². The average Bonchev–Trinajstić information content (AvgIpc) is 2.75. The van der Waals surface area contributed by atoms with Gasteiger partial charge in [-0.05, 0) is 22.8 Å². The van der Waals surface area contributed by atoms with Crippen molar-refractivity contribution in [3.63, 3.8) is 0 Å². The molecule has 0 fully saturated rings. The third-order valence-electron chi connectivity index (χ3n) is 4.56. The Morgan fingerprint density at radius 1 is 1.04 bits per heavy atom. The van der Waals surface area contributed by atoms with E-state index < -0.39 is 0 Å². The average molecular weight is 302 g/mol. The molecular formula is C19H18N4. The summed E-state index contributed by atoms with van der Waals surface area (Å²) >= 11 is 0. The Kier molecular flexibility index (Phi) is 3.30. The van der Waals surface area contributed by atoms with E-state index in [2.05, 4.69) is 59.4 Å². The van der Waals surface area contributed by atoms with Crippen LogP contribution in [0.3, 0.4) is 0 Å². The lowest BCUT2D eigenvalue weighted by atomic mass is 9.91. The van der Waals surface area contributed by atoms with Crippen LogP contribution in [0.5, 0.6) is 0 Å². The summed E-state index contributed by atoms with van der Waals surface area (Å²) in [6.45, 7) is 2.18. The molecule has 23 heavy (non-hydrogen) atoms. The number of nitrogens with zero attached hydrogens (tertiary/aromatic N) is 3. The monoisotopic (exact) mass is 302 g/mol. The van der Waals surface area contributed by atoms with Gasteiger partial charge in [-0.2, -0.15) is 0 Å². The van der Waals surface area contributed by atoms with Crippen molar-refractivity contribution in [3.8, 4) is 0 Å². The zero-order valence-electron chi connectivity index (χ0n) is 13.0. The van der Waals surface area contributed by atoms with Crippen LogP contribution in [0.25, 0.3) is 10.8 Å². The molecule has 1 aliphatic heterocycles. The number of hydrogen-bond acceptors (Lipinski definition) is 4. The smallest absolute Gasteiger partial charge is 0.135 e. The highest BCUT2D eigenvalue weighted by Gasteiger charge is 2.24. The van der Waals surface area contributed by atoms with Crippen molar-refractivity contribution in [3.05, 3.63) is 65.6 Å². The maximum Gasteiger partial charge on any atom is 0.135 e. The highest BCUT2D eigenvalue weighted by atomic mass is 14.9. The molecule has 3 aromatic rings. The van der Waals surface area contributed by atoms with E-state index in [0.29, 0.717) is 5.82 Å². The van der Waals surface area contributed by atoms with Gasteiger partial charge in [0.2, 0.25) is 0 Å². The number of aromatic nitrogens is 2. The van der Waals surface area contributed by atoms with E-state index in [4.69, 9.17) is 10.7 Å². The van der Waals surface area contributed by atoms with Gasteiger partial charge in [-0.25, -0.2) is 9.97 Å². The van der Waals surface area contributed by atoms with Crippen LogP contribution in [0, 0.1) is 0 Å². The van der Waals surface area contributed by atoms with Crippen molar-refractivity contribution in [2.24, 2.45) is 4.99 Å². The zero-order chi connectivity index (χ0) is 15.8. The fraction of sp³-hybridized carbons (Fsp3) is 0.211. The van der Waals surface area contributed by atoms with Gasteiger partial charge in [-0.3, -0.25) is 4.99 Å². The van der Waals surface area contributed by atoms with E-state index in [1.807, 2.05) is 6.21 Å². The van der Waals surface area contributed by atoms with E-state index in [9.17, 15) is 0 Å². The maximum atomic E-state index is 6.01. The van der Waals surface area contributed by atoms with Crippen LogP contribution in [0.2, 0.25) is 0 Å². The fourth-order valence-corrected chi connectivity index (χ4v) is 3.37. The quantitative estimate of drug-likeness (QED) is 0.742. The van der Waals surface area contributed by atoms with Crippen LogP contribution in [0.4, 0.5) is 5.82 Å². The van der Waals surface area contributed by atoms with Crippen molar-refractivity contribution in [2.45, 2.75) is 25.3 Å². The number of nitrogens with two attached hydrogens (primary N) is 1. The molecular weight excluding hydrogens is 284 g/mol. The summed E-state index contributed by atoms with van der Waals surface area (Å²) in [4.78, 5) is 13.3. The Bertz CT molecular complexity index is 896. The molecule has 0 spiro atoms. The second-order valence-corrected chi connectivity index (χ2v) is 6.06. The van der Waals surface area contributed by atoms with Crippen molar-refractivity contribution in [1.29, 1.82) is 0 Å². The van der Waals surface area contributed by atoms with E-state index in [1.54, 1.807) is 0 Å². The summed E-state index contributed by atoms with van der Waals surface area (Å²) in [5, 5.41) is 2.50. The van der Waals surface area contributed by atoms with E-state index in [1.165, 1.54) is 22.7 Å². The predicted molar refractivity (Wildman–Crippen MR) is 93.8 cm³/mol. The van der Waals surface area contributed by atoms with Crippen LogP contribution in [0.15, 0.2) is 53.8 Å². The molecule has 2 aromatic carbocycles. The van der Waals surface area contributed by atoms with Gasteiger partial charge < -0.3 is 5.73 Å². The minimum absolute atomic E-state index is 0.102. The maximum absolute atomic E-state index is 6.01. The molecule has 4 rings (SSSR count). The Balaban J connectivity index is 1.82. The molecule has 114 valence electrons. The van der Waals surface area contributed by atoms with Crippen molar-refractivity contribution < 1.29 is 0 Å². The SMILES string of the molecule is C[C@@H]1C[C@H](c2cccc3ccccc23)N=Cc2c(N)ncnc21. The number of aliphatic imine (C=N–C) groups is 1. The van der Waals surface area contributed by atoms with Crippen molar-refractivity contribution >= 4 is 22.8 Å². The Morgan fingerprint density at radius 2 is 1.87 bits per heavy atom. The molecule has 0 saturated heterocycles. The molecule has 1 aromatic heterocycles. The summed E-state index contributed by atoms with van der Waals surface area (Å²) in [7, 11) is 0. The molecule has 0 aliphatic carbocycles. The Labute approximate surface area is 135 Å². The summed E-state index contributed by atoms with van der Waals surface area (Å²) in [5.41, 5.74) is 9.11. The number of nitrogen functional groups attached to an aromatic ring is 1. The number of anilines is 1. The first-order valence-corrected chi connectivity index (χ1v) is 7.85. The highest BCUT2D eigenvalue weighted by Crippen LogP contribution is 2.37. The van der Waals surface area contributed by atoms with Gasteiger partial charge in [0, 0.05) is 12.1 Å². The van der Waals surface area contributed by atoms with Gasteiger partial charge in [0.1, 0.15) is 12.1 Å². The molecule has 2 heterocycles. The summed E-state index contributed by atoms with van der Waals surface area (Å²) < 4.78 is 0. The predicted octanol–water partition coefficient (Wildman–Crippen LogP) is 3.88. The lowest BCUT2D eigenvalue weighted by molar-refractivity contribution is 0.576. The molecule has 0 unspecified atom stereocenters. The molecule has 4 heteroatoms. The minimum Gasteiger partial charge on any atom is -0.383 e. The number of benzene rings is 2. The molecule has 0 bridgehead atoms. The summed E-state index contributed by atoms with van der Waals surface area (Å²) in [5.74, 6) is 0.783.